The number of hydrogen-bond acceptors (Lipinski definition) is 6. The zero-order valence-corrected chi connectivity index (χ0v) is 31.0. The van der Waals surface area contributed by atoms with Gasteiger partial charge in [-0.25, -0.2) is 15.0 Å². The molecule has 12 rings (SSSR count). The maximum Gasteiger partial charge on any atom is 0.164 e. The molecule has 0 saturated carbocycles. The summed E-state index contributed by atoms with van der Waals surface area (Å²) < 4.78 is 15.6. The molecule has 0 bridgehead atoms. The largest absolute Gasteiger partial charge is 0.453 e. The Hall–Kier alpha value is -8.03. The summed E-state index contributed by atoms with van der Waals surface area (Å²) >= 11 is 0. The van der Waals surface area contributed by atoms with Crippen LogP contribution < -0.4 is 14.4 Å². The summed E-state index contributed by atoms with van der Waals surface area (Å²) in [6.07, 6.45) is 0. The quantitative estimate of drug-likeness (QED) is 0.175. The zero-order valence-electron chi connectivity index (χ0n) is 31.0. The number of para-hydroxylation sites is 5. The predicted octanol–water partition coefficient (Wildman–Crippen LogP) is 13.3. The van der Waals surface area contributed by atoms with Gasteiger partial charge in [-0.05, 0) is 71.8 Å². The Labute approximate surface area is 333 Å². The van der Waals surface area contributed by atoms with Gasteiger partial charge in [0.25, 0.3) is 0 Å². The molecule has 2 aromatic heterocycles. The first-order chi connectivity index (χ1) is 28.7. The van der Waals surface area contributed by atoms with Crippen molar-refractivity contribution < 1.29 is 9.47 Å². The SMILES string of the molecule is c1ccc(-c2nc(-c3ccccc3)nc(-c3cccc(-n4c5ccccc5c5ccc(-c6cc7c8c(c6)Oc6ccccc6N8c6ccccc6O7)cc54)c3)n2)cc1. The van der Waals surface area contributed by atoms with Crippen LogP contribution in [0.15, 0.2) is 188 Å². The third kappa shape index (κ3) is 5.11. The van der Waals surface area contributed by atoms with Gasteiger partial charge < -0.3 is 14.0 Å². The fourth-order valence-electron chi connectivity index (χ4n) is 8.34. The molecule has 2 aliphatic rings. The molecule has 0 saturated heterocycles. The number of ether oxygens (including phenoxy) is 2. The van der Waals surface area contributed by atoms with E-state index in [9.17, 15) is 0 Å². The lowest BCUT2D eigenvalue weighted by Gasteiger charge is -2.38. The smallest absolute Gasteiger partial charge is 0.164 e. The van der Waals surface area contributed by atoms with Gasteiger partial charge in [-0.15, -0.1) is 0 Å². The average Bonchev–Trinajstić information content (AvgIpc) is 3.63. The van der Waals surface area contributed by atoms with Gasteiger partial charge in [0.05, 0.1) is 22.4 Å². The van der Waals surface area contributed by atoms with E-state index < -0.39 is 0 Å². The van der Waals surface area contributed by atoms with Crippen LogP contribution in [0.4, 0.5) is 17.1 Å². The Morgan fingerprint density at radius 3 is 1.53 bits per heavy atom. The summed E-state index contributed by atoms with van der Waals surface area (Å²) in [7, 11) is 0. The summed E-state index contributed by atoms with van der Waals surface area (Å²) in [5.74, 6) is 4.96. The van der Waals surface area contributed by atoms with E-state index in [0.717, 1.165) is 90.0 Å². The fraction of sp³-hybridized carbons (Fsp3) is 0. The highest BCUT2D eigenvalue weighted by molar-refractivity contribution is 6.10. The van der Waals surface area contributed by atoms with Gasteiger partial charge in [0.15, 0.2) is 40.5 Å². The molecule has 4 heterocycles. The maximum absolute atomic E-state index is 6.62. The molecule has 58 heavy (non-hydrogen) atoms. The molecule has 10 aromatic rings. The van der Waals surface area contributed by atoms with E-state index in [0.29, 0.717) is 17.5 Å². The highest BCUT2D eigenvalue weighted by Crippen LogP contribution is 2.60. The number of aromatic nitrogens is 4. The summed E-state index contributed by atoms with van der Waals surface area (Å²) in [5.41, 5.74) is 10.8. The number of benzene rings is 8. The van der Waals surface area contributed by atoms with Gasteiger partial charge in [-0.1, -0.05) is 127 Å². The fourth-order valence-corrected chi connectivity index (χ4v) is 8.34. The molecule has 7 nitrogen and oxygen atoms in total. The molecule has 7 heteroatoms. The number of hydrogen-bond donors (Lipinski definition) is 0. The van der Waals surface area contributed by atoms with Crippen molar-refractivity contribution >= 4 is 38.9 Å². The Kier molecular flexibility index (Phi) is 7.09. The normalized spacial score (nSPS) is 12.4. The summed E-state index contributed by atoms with van der Waals surface area (Å²) in [6, 6.07) is 64.4. The van der Waals surface area contributed by atoms with Gasteiger partial charge in [-0.3, -0.25) is 4.90 Å². The lowest BCUT2D eigenvalue weighted by molar-refractivity contribution is 0.446. The van der Waals surface area contributed by atoms with Crippen LogP contribution in [-0.2, 0) is 0 Å². The van der Waals surface area contributed by atoms with Crippen molar-refractivity contribution in [3.8, 4) is 74.0 Å². The van der Waals surface area contributed by atoms with Crippen LogP contribution in [0.2, 0.25) is 0 Å². The summed E-state index contributed by atoms with van der Waals surface area (Å²) in [4.78, 5) is 17.2. The third-order valence-electron chi connectivity index (χ3n) is 11.0. The van der Waals surface area contributed by atoms with Crippen molar-refractivity contribution in [1.82, 2.24) is 19.5 Å². The van der Waals surface area contributed by atoms with Crippen LogP contribution in [0.5, 0.6) is 23.0 Å². The van der Waals surface area contributed by atoms with Crippen LogP contribution in [0.25, 0.3) is 72.8 Å². The predicted molar refractivity (Wildman–Crippen MR) is 231 cm³/mol. The Morgan fingerprint density at radius 1 is 0.345 bits per heavy atom. The highest BCUT2D eigenvalue weighted by atomic mass is 16.5. The molecular formula is C51H31N5O2. The number of fused-ring (bicyclic) bond motifs is 7. The second-order valence-electron chi connectivity index (χ2n) is 14.5. The first-order valence-electron chi connectivity index (χ1n) is 19.3. The number of nitrogens with zero attached hydrogens (tertiary/aromatic N) is 5. The highest BCUT2D eigenvalue weighted by Gasteiger charge is 2.35. The van der Waals surface area contributed by atoms with Gasteiger partial charge in [0, 0.05) is 33.2 Å². The molecule has 8 aromatic carbocycles. The van der Waals surface area contributed by atoms with Crippen molar-refractivity contribution in [1.29, 1.82) is 0 Å². The Morgan fingerprint density at radius 2 is 0.879 bits per heavy atom. The van der Waals surface area contributed by atoms with E-state index >= 15 is 0 Å². The monoisotopic (exact) mass is 745 g/mol. The Bertz CT molecular complexity index is 3120. The molecule has 2 aliphatic heterocycles. The maximum atomic E-state index is 6.62. The van der Waals surface area contributed by atoms with Crippen molar-refractivity contribution in [2.45, 2.75) is 0 Å². The zero-order chi connectivity index (χ0) is 38.2. The minimum Gasteiger partial charge on any atom is -0.453 e. The lowest BCUT2D eigenvalue weighted by atomic mass is 9.99. The second-order valence-corrected chi connectivity index (χ2v) is 14.5. The molecular weight excluding hydrogens is 715 g/mol. The average molecular weight is 746 g/mol. The summed E-state index contributed by atoms with van der Waals surface area (Å²) in [5, 5.41) is 2.33. The summed E-state index contributed by atoms with van der Waals surface area (Å²) in [6.45, 7) is 0. The van der Waals surface area contributed by atoms with E-state index in [2.05, 4.69) is 100 Å². The van der Waals surface area contributed by atoms with Crippen LogP contribution >= 0.6 is 0 Å². The third-order valence-corrected chi connectivity index (χ3v) is 11.0. The molecule has 0 fully saturated rings. The van der Waals surface area contributed by atoms with Crippen molar-refractivity contribution in [2.75, 3.05) is 4.90 Å². The minimum absolute atomic E-state index is 0.608. The van der Waals surface area contributed by atoms with Crippen LogP contribution in [0.3, 0.4) is 0 Å². The molecule has 0 unspecified atom stereocenters. The molecule has 0 amide bonds. The first-order valence-corrected chi connectivity index (χ1v) is 19.3. The molecule has 0 aliphatic carbocycles. The molecule has 0 N–H and O–H groups in total. The van der Waals surface area contributed by atoms with Gasteiger partial charge >= 0.3 is 0 Å². The topological polar surface area (TPSA) is 65.3 Å². The molecule has 0 radical (unpaired) electrons. The number of rotatable bonds is 5. The first kappa shape index (κ1) is 32.2. The molecule has 272 valence electrons. The van der Waals surface area contributed by atoms with E-state index in [1.54, 1.807) is 0 Å². The van der Waals surface area contributed by atoms with E-state index in [1.807, 2.05) is 97.1 Å². The standard InChI is InChI=1S/C51H31N5O2/c1-3-14-32(15-4-1)49-52-50(33-16-5-2-6-17-33)54-51(53-49)35-18-13-19-37(28-35)55-40-21-8-7-20-38(40)39-27-26-34(29-43(39)55)36-30-46-48-47(31-36)58-45-25-12-10-23-42(45)56(48)41-22-9-11-24-44(41)57-46/h1-31H. The second kappa shape index (κ2) is 12.8. The Balaban J connectivity index is 1.02. The molecule has 0 spiro atoms. The number of anilines is 3. The van der Waals surface area contributed by atoms with Gasteiger partial charge in [0.2, 0.25) is 0 Å². The van der Waals surface area contributed by atoms with E-state index in [1.165, 1.54) is 5.39 Å². The van der Waals surface area contributed by atoms with Gasteiger partial charge in [-0.2, -0.15) is 0 Å². The van der Waals surface area contributed by atoms with Crippen LogP contribution in [0.1, 0.15) is 0 Å². The van der Waals surface area contributed by atoms with E-state index in [-0.39, 0.29) is 0 Å². The van der Waals surface area contributed by atoms with E-state index in [4.69, 9.17) is 24.4 Å². The van der Waals surface area contributed by atoms with Crippen molar-refractivity contribution in [2.24, 2.45) is 0 Å². The van der Waals surface area contributed by atoms with Crippen molar-refractivity contribution in [3.63, 3.8) is 0 Å². The minimum atomic E-state index is 0.608. The molecule has 0 atom stereocenters. The van der Waals surface area contributed by atoms with Crippen molar-refractivity contribution in [3.05, 3.63) is 188 Å². The van der Waals surface area contributed by atoms with Gasteiger partial charge in [0.1, 0.15) is 5.69 Å². The van der Waals surface area contributed by atoms with Crippen LogP contribution in [-0.4, -0.2) is 19.5 Å². The lowest BCUT2D eigenvalue weighted by Crippen LogP contribution is -2.20. The van der Waals surface area contributed by atoms with Crippen LogP contribution in [0, 0.1) is 0 Å².